The maximum Gasteiger partial charge on any atom is 0.442 e. The Kier molecular flexibility index (Phi) is 4.88. The van der Waals surface area contributed by atoms with Crippen LogP contribution in [0.1, 0.15) is 26.3 Å². The summed E-state index contributed by atoms with van der Waals surface area (Å²) in [6.45, 7) is 6.94. The lowest BCUT2D eigenvalue weighted by atomic mass is 9.90. The van der Waals surface area contributed by atoms with Crippen molar-refractivity contribution in [3.05, 3.63) is 40.4 Å². The zero-order valence-electron chi connectivity index (χ0n) is 14.2. The van der Waals surface area contributed by atoms with Gasteiger partial charge in [-0.25, -0.2) is 9.36 Å². The fraction of sp³-hybridized carbons (Fsp3) is 0.412. The number of aromatic nitrogens is 2. The summed E-state index contributed by atoms with van der Waals surface area (Å²) < 4.78 is 5.88. The number of carbonyl (C=O) groups is 1. The SMILES string of the molecule is Cc1ccccc1-c1noc(=O)n1CC(=O)N[C@@](C)(C#N)C(C)C. The van der Waals surface area contributed by atoms with Gasteiger partial charge in [-0.3, -0.25) is 9.32 Å². The number of hydrogen-bond acceptors (Lipinski definition) is 5. The lowest BCUT2D eigenvalue weighted by Gasteiger charge is -2.27. The third kappa shape index (κ3) is 3.38. The lowest BCUT2D eigenvalue weighted by Crippen LogP contribution is -2.50. The summed E-state index contributed by atoms with van der Waals surface area (Å²) in [6.07, 6.45) is 0. The molecule has 0 aliphatic rings. The highest BCUT2D eigenvalue weighted by Gasteiger charge is 2.30. The Morgan fingerprint density at radius 1 is 1.46 bits per heavy atom. The highest BCUT2D eigenvalue weighted by Crippen LogP contribution is 2.20. The predicted molar refractivity (Wildman–Crippen MR) is 87.9 cm³/mol. The van der Waals surface area contributed by atoms with E-state index in [0.717, 1.165) is 10.1 Å². The molecule has 126 valence electrons. The van der Waals surface area contributed by atoms with Gasteiger partial charge in [-0.1, -0.05) is 43.3 Å². The van der Waals surface area contributed by atoms with Crippen molar-refractivity contribution in [3.8, 4) is 17.5 Å². The fourth-order valence-electron chi connectivity index (χ4n) is 2.20. The van der Waals surface area contributed by atoms with E-state index in [1.165, 1.54) is 0 Å². The molecule has 7 nitrogen and oxygen atoms in total. The molecule has 1 aromatic carbocycles. The number of nitrogens with zero attached hydrogens (tertiary/aromatic N) is 3. The lowest BCUT2D eigenvalue weighted by molar-refractivity contribution is -0.123. The molecule has 0 aliphatic carbocycles. The molecular formula is C17H20N4O3. The van der Waals surface area contributed by atoms with Gasteiger partial charge in [0.1, 0.15) is 12.1 Å². The summed E-state index contributed by atoms with van der Waals surface area (Å²) in [6, 6.07) is 9.47. The first-order chi connectivity index (χ1) is 11.3. The van der Waals surface area contributed by atoms with Crippen LogP contribution in [0.15, 0.2) is 33.6 Å². The van der Waals surface area contributed by atoms with Gasteiger partial charge in [0.25, 0.3) is 0 Å². The van der Waals surface area contributed by atoms with Crippen LogP contribution in [0, 0.1) is 24.2 Å². The second-order valence-corrected chi connectivity index (χ2v) is 6.19. The van der Waals surface area contributed by atoms with E-state index in [0.29, 0.717) is 5.56 Å². The van der Waals surface area contributed by atoms with E-state index < -0.39 is 17.2 Å². The van der Waals surface area contributed by atoms with E-state index in [9.17, 15) is 14.9 Å². The van der Waals surface area contributed by atoms with Crippen molar-refractivity contribution in [1.29, 1.82) is 5.26 Å². The van der Waals surface area contributed by atoms with E-state index in [4.69, 9.17) is 4.52 Å². The van der Waals surface area contributed by atoms with Crippen molar-refractivity contribution in [1.82, 2.24) is 15.0 Å². The molecule has 0 bridgehead atoms. The molecule has 0 aliphatic heterocycles. The second kappa shape index (κ2) is 6.71. The van der Waals surface area contributed by atoms with Crippen LogP contribution in [0.5, 0.6) is 0 Å². The molecular weight excluding hydrogens is 308 g/mol. The largest absolute Gasteiger partial charge is 0.442 e. The summed E-state index contributed by atoms with van der Waals surface area (Å²) >= 11 is 0. The van der Waals surface area contributed by atoms with E-state index in [2.05, 4.69) is 16.5 Å². The first kappa shape index (κ1) is 17.5. The molecule has 1 amide bonds. The van der Waals surface area contributed by atoms with Crippen molar-refractivity contribution < 1.29 is 9.32 Å². The average molecular weight is 328 g/mol. The molecule has 0 spiro atoms. The summed E-state index contributed by atoms with van der Waals surface area (Å²) in [5.41, 5.74) is 0.604. The van der Waals surface area contributed by atoms with Crippen LogP contribution >= 0.6 is 0 Å². The molecule has 0 unspecified atom stereocenters. The molecule has 2 rings (SSSR count). The zero-order valence-corrected chi connectivity index (χ0v) is 14.2. The van der Waals surface area contributed by atoms with E-state index in [1.807, 2.05) is 39.0 Å². The Morgan fingerprint density at radius 2 is 2.12 bits per heavy atom. The monoisotopic (exact) mass is 328 g/mol. The molecule has 2 aromatic rings. The Labute approximate surface area is 139 Å². The number of amides is 1. The number of benzene rings is 1. The minimum atomic E-state index is -1.01. The summed E-state index contributed by atoms with van der Waals surface area (Å²) in [7, 11) is 0. The van der Waals surface area contributed by atoms with Gasteiger partial charge < -0.3 is 5.32 Å². The van der Waals surface area contributed by atoms with Crippen LogP contribution in [-0.4, -0.2) is 21.2 Å². The number of aryl methyl sites for hydroxylation is 1. The van der Waals surface area contributed by atoms with Crippen LogP contribution in [-0.2, 0) is 11.3 Å². The van der Waals surface area contributed by atoms with Crippen LogP contribution in [0.2, 0.25) is 0 Å². The van der Waals surface area contributed by atoms with Crippen molar-refractivity contribution >= 4 is 5.91 Å². The fourth-order valence-corrected chi connectivity index (χ4v) is 2.20. The Balaban J connectivity index is 2.31. The van der Waals surface area contributed by atoms with Gasteiger partial charge in [-0.15, -0.1) is 0 Å². The topological polar surface area (TPSA) is 101 Å². The molecule has 1 aromatic heterocycles. The second-order valence-electron chi connectivity index (χ2n) is 6.19. The first-order valence-electron chi connectivity index (χ1n) is 7.63. The summed E-state index contributed by atoms with van der Waals surface area (Å²) in [4.78, 5) is 24.2. The van der Waals surface area contributed by atoms with Gasteiger partial charge in [-0.2, -0.15) is 5.26 Å². The van der Waals surface area contributed by atoms with Crippen LogP contribution in [0.4, 0.5) is 0 Å². The van der Waals surface area contributed by atoms with Crippen molar-refractivity contribution in [2.75, 3.05) is 0 Å². The molecule has 1 atom stereocenters. The highest BCUT2D eigenvalue weighted by atomic mass is 16.5. The third-order valence-corrected chi connectivity index (χ3v) is 4.16. The quantitative estimate of drug-likeness (QED) is 0.903. The normalized spacial score (nSPS) is 13.3. The Morgan fingerprint density at radius 3 is 2.71 bits per heavy atom. The molecule has 1 N–H and O–H groups in total. The molecule has 24 heavy (non-hydrogen) atoms. The van der Waals surface area contributed by atoms with Crippen LogP contribution in [0.25, 0.3) is 11.4 Å². The van der Waals surface area contributed by atoms with Gasteiger partial charge in [0, 0.05) is 5.56 Å². The van der Waals surface area contributed by atoms with Gasteiger partial charge in [-0.05, 0) is 25.3 Å². The molecule has 1 heterocycles. The highest BCUT2D eigenvalue weighted by molar-refractivity contribution is 5.78. The van der Waals surface area contributed by atoms with Crippen LogP contribution in [0.3, 0.4) is 0 Å². The van der Waals surface area contributed by atoms with Crippen molar-refractivity contribution in [2.45, 2.75) is 39.8 Å². The maximum atomic E-state index is 12.3. The van der Waals surface area contributed by atoms with E-state index in [-0.39, 0.29) is 18.3 Å². The zero-order chi connectivity index (χ0) is 17.9. The number of rotatable bonds is 5. The molecule has 0 saturated carbocycles. The number of hydrogen-bond donors (Lipinski definition) is 1. The van der Waals surface area contributed by atoms with Gasteiger partial charge in [0.05, 0.1) is 6.07 Å². The van der Waals surface area contributed by atoms with Gasteiger partial charge in [0.2, 0.25) is 5.91 Å². The number of nitrogens with one attached hydrogen (secondary N) is 1. The standard InChI is InChI=1S/C17H20N4O3/c1-11(2)17(4,10-18)19-14(22)9-21-15(20-24-16(21)23)13-8-6-5-7-12(13)3/h5-8,11H,9H2,1-4H3,(H,19,22)/t17-/m0/s1. The van der Waals surface area contributed by atoms with E-state index in [1.54, 1.807) is 13.0 Å². The van der Waals surface area contributed by atoms with E-state index >= 15 is 0 Å². The number of nitriles is 1. The van der Waals surface area contributed by atoms with Gasteiger partial charge in [0.15, 0.2) is 5.82 Å². The molecule has 7 heteroatoms. The number of carbonyl (C=O) groups excluding carboxylic acids is 1. The smallest absolute Gasteiger partial charge is 0.336 e. The molecule has 0 fully saturated rings. The Bertz CT molecular complexity index is 844. The first-order valence-corrected chi connectivity index (χ1v) is 7.63. The van der Waals surface area contributed by atoms with Gasteiger partial charge >= 0.3 is 5.76 Å². The predicted octanol–water partition coefficient (Wildman–Crippen LogP) is 1.87. The molecule has 0 radical (unpaired) electrons. The van der Waals surface area contributed by atoms with Crippen molar-refractivity contribution in [3.63, 3.8) is 0 Å². The summed E-state index contributed by atoms with van der Waals surface area (Å²) in [5.74, 6) is -0.961. The average Bonchev–Trinajstić information content (AvgIpc) is 2.88. The Hall–Kier alpha value is -2.88. The minimum absolute atomic E-state index is 0.0820. The molecule has 0 saturated heterocycles. The third-order valence-electron chi connectivity index (χ3n) is 4.16. The summed E-state index contributed by atoms with van der Waals surface area (Å²) in [5, 5.41) is 15.7. The minimum Gasteiger partial charge on any atom is -0.336 e. The van der Waals surface area contributed by atoms with Crippen molar-refractivity contribution in [2.24, 2.45) is 5.92 Å². The van der Waals surface area contributed by atoms with Crippen LogP contribution < -0.4 is 11.1 Å². The maximum absolute atomic E-state index is 12.3.